The number of esters is 1. The number of anilines is 1. The van der Waals surface area contributed by atoms with Crippen LogP contribution in [0.1, 0.15) is 47.9 Å². The van der Waals surface area contributed by atoms with Crippen LogP contribution in [-0.2, 0) is 22.3 Å². The molecule has 1 saturated heterocycles. The first-order valence-electron chi connectivity index (χ1n) is 9.37. The van der Waals surface area contributed by atoms with Crippen molar-refractivity contribution in [1.82, 2.24) is 14.8 Å². The van der Waals surface area contributed by atoms with Crippen molar-refractivity contribution >= 4 is 17.8 Å². The van der Waals surface area contributed by atoms with Gasteiger partial charge in [0.2, 0.25) is 11.8 Å². The van der Waals surface area contributed by atoms with Gasteiger partial charge in [-0.25, -0.2) is 0 Å². The molecule has 1 N–H and O–H groups in total. The molecule has 1 aromatic heterocycles. The van der Waals surface area contributed by atoms with Crippen LogP contribution in [0.2, 0.25) is 0 Å². The number of hydrogen-bond donors (Lipinski definition) is 1. The Morgan fingerprint density at radius 3 is 2.70 bits per heavy atom. The van der Waals surface area contributed by atoms with Gasteiger partial charge < -0.3 is 9.47 Å². The summed E-state index contributed by atoms with van der Waals surface area (Å²) in [4.78, 5) is 24.1. The number of alkyl halides is 3. The van der Waals surface area contributed by atoms with E-state index < -0.39 is 30.0 Å². The van der Waals surface area contributed by atoms with Crippen LogP contribution < -0.4 is 10.1 Å². The zero-order valence-corrected chi connectivity index (χ0v) is 16.5. The first-order valence-corrected chi connectivity index (χ1v) is 9.37. The summed E-state index contributed by atoms with van der Waals surface area (Å²) in [6.45, 7) is 3.23. The van der Waals surface area contributed by atoms with Crippen molar-refractivity contribution in [3.63, 3.8) is 0 Å². The summed E-state index contributed by atoms with van der Waals surface area (Å²) in [7, 11) is 0. The van der Waals surface area contributed by atoms with Crippen LogP contribution in [0.5, 0.6) is 5.75 Å². The van der Waals surface area contributed by atoms with E-state index in [-0.39, 0.29) is 23.8 Å². The second kappa shape index (κ2) is 8.82. The molecule has 2 aromatic rings. The summed E-state index contributed by atoms with van der Waals surface area (Å²) in [5.74, 6) is -3.01. The third-order valence-electron chi connectivity index (χ3n) is 4.53. The van der Waals surface area contributed by atoms with Gasteiger partial charge in [-0.15, -0.1) is 10.2 Å². The van der Waals surface area contributed by atoms with E-state index in [1.165, 1.54) is 19.1 Å². The molecule has 1 amide bonds. The number of halogens is 3. The summed E-state index contributed by atoms with van der Waals surface area (Å²) >= 11 is 0. The zero-order valence-electron chi connectivity index (χ0n) is 16.5. The summed E-state index contributed by atoms with van der Waals surface area (Å²) in [5.41, 5.74) is 0.715. The van der Waals surface area contributed by atoms with E-state index in [0.717, 1.165) is 23.0 Å². The fourth-order valence-corrected chi connectivity index (χ4v) is 3.16. The number of aromatic nitrogens is 3. The Bertz CT molecular complexity index is 936. The van der Waals surface area contributed by atoms with Gasteiger partial charge in [-0.3, -0.25) is 19.5 Å². The molecule has 30 heavy (non-hydrogen) atoms. The molecule has 1 atom stereocenters. The molecule has 1 aromatic carbocycles. The Morgan fingerprint density at radius 2 is 2.07 bits per heavy atom. The smallest absolute Gasteiger partial charge is 0.426 e. The number of amides is 1. The second-order valence-electron chi connectivity index (χ2n) is 6.99. The molecular formula is C19H21F3N4O4. The van der Waals surface area contributed by atoms with Crippen LogP contribution >= 0.6 is 0 Å². The van der Waals surface area contributed by atoms with Gasteiger partial charge in [0.25, 0.3) is 5.91 Å². The lowest BCUT2D eigenvalue weighted by atomic mass is 10.1. The van der Waals surface area contributed by atoms with Crippen molar-refractivity contribution in [2.75, 3.05) is 11.9 Å². The molecule has 11 heteroatoms. The maximum Gasteiger partial charge on any atom is 0.451 e. The lowest BCUT2D eigenvalue weighted by Crippen LogP contribution is -2.28. The number of nitrogens with one attached hydrogen (secondary N) is 1. The number of carbonyl (C=O) groups is 2. The van der Waals surface area contributed by atoms with Gasteiger partial charge in [0.05, 0.1) is 18.2 Å². The van der Waals surface area contributed by atoms with Gasteiger partial charge in [-0.05, 0) is 43.9 Å². The first-order chi connectivity index (χ1) is 14.1. The van der Waals surface area contributed by atoms with Crippen molar-refractivity contribution in [3.8, 4) is 5.75 Å². The van der Waals surface area contributed by atoms with E-state index in [0.29, 0.717) is 13.0 Å². The quantitative estimate of drug-likeness (QED) is 0.582. The van der Waals surface area contributed by atoms with Crippen LogP contribution in [0.25, 0.3) is 0 Å². The predicted molar refractivity (Wildman–Crippen MR) is 99.1 cm³/mol. The minimum Gasteiger partial charge on any atom is -0.426 e. The lowest BCUT2D eigenvalue weighted by Gasteiger charge is -2.24. The number of benzene rings is 1. The molecule has 0 saturated carbocycles. The average molecular weight is 426 g/mol. The van der Waals surface area contributed by atoms with Crippen molar-refractivity contribution in [2.45, 2.75) is 51.9 Å². The number of hydrogen-bond acceptors (Lipinski definition) is 6. The Balaban J connectivity index is 1.90. The van der Waals surface area contributed by atoms with Gasteiger partial charge in [0, 0.05) is 13.5 Å². The highest BCUT2D eigenvalue weighted by atomic mass is 19.4. The number of carbonyl (C=O) groups excluding carboxylic acids is 2. The molecule has 0 bridgehead atoms. The van der Waals surface area contributed by atoms with Crippen molar-refractivity contribution in [3.05, 3.63) is 35.2 Å². The molecule has 1 aliphatic heterocycles. The van der Waals surface area contributed by atoms with E-state index in [4.69, 9.17) is 9.47 Å². The van der Waals surface area contributed by atoms with Crippen LogP contribution in [0.3, 0.4) is 0 Å². The molecule has 1 fully saturated rings. The van der Waals surface area contributed by atoms with Gasteiger partial charge in [-0.2, -0.15) is 13.2 Å². The van der Waals surface area contributed by atoms with E-state index >= 15 is 0 Å². The summed E-state index contributed by atoms with van der Waals surface area (Å²) in [6.07, 6.45) is -2.91. The molecule has 1 unspecified atom stereocenters. The Kier molecular flexibility index (Phi) is 6.40. The zero-order chi connectivity index (χ0) is 21.9. The third-order valence-corrected chi connectivity index (χ3v) is 4.53. The maximum atomic E-state index is 13.4. The minimum absolute atomic E-state index is 0.00211. The van der Waals surface area contributed by atoms with Crippen LogP contribution in [-0.4, -0.2) is 39.4 Å². The van der Waals surface area contributed by atoms with Crippen LogP contribution in [0, 0.1) is 6.92 Å². The van der Waals surface area contributed by atoms with Gasteiger partial charge in [-0.1, -0.05) is 6.07 Å². The summed E-state index contributed by atoms with van der Waals surface area (Å²) in [6, 6.07) is 4.51. The molecule has 3 rings (SSSR count). The standard InChI is InChI=1S/C19H21F3N4O4/c1-11-6-7-14(15(9-11)30-12(2)27)16(28)23-18-25-24-17(19(20,21)22)26(18)10-13-5-3-4-8-29-13/h6-7,9,13H,3-5,8,10H2,1-2H3,(H,23,25,28). The minimum atomic E-state index is -4.75. The van der Waals surface area contributed by atoms with Gasteiger partial charge in [0.15, 0.2) is 0 Å². The highest BCUT2D eigenvalue weighted by Gasteiger charge is 2.39. The highest BCUT2D eigenvalue weighted by Crippen LogP contribution is 2.31. The summed E-state index contributed by atoms with van der Waals surface area (Å²) in [5, 5.41) is 9.08. The van der Waals surface area contributed by atoms with E-state index in [9.17, 15) is 22.8 Å². The second-order valence-corrected chi connectivity index (χ2v) is 6.99. The molecule has 0 aliphatic carbocycles. The molecule has 1 aliphatic rings. The third kappa shape index (κ3) is 5.15. The van der Waals surface area contributed by atoms with Crippen molar-refractivity contribution in [2.24, 2.45) is 0 Å². The fraction of sp³-hybridized carbons (Fsp3) is 0.474. The lowest BCUT2D eigenvalue weighted by molar-refractivity contribution is -0.148. The Morgan fingerprint density at radius 1 is 1.30 bits per heavy atom. The van der Waals surface area contributed by atoms with Gasteiger partial charge in [0.1, 0.15) is 5.75 Å². The largest absolute Gasteiger partial charge is 0.451 e. The van der Waals surface area contributed by atoms with Crippen molar-refractivity contribution < 1.29 is 32.2 Å². The number of aryl methyl sites for hydroxylation is 1. The number of rotatable bonds is 5. The highest BCUT2D eigenvalue weighted by molar-refractivity contribution is 6.05. The molecule has 8 nitrogen and oxygen atoms in total. The average Bonchev–Trinajstić information content (AvgIpc) is 3.04. The summed E-state index contributed by atoms with van der Waals surface area (Å²) < 4.78 is 51.6. The topological polar surface area (TPSA) is 95.3 Å². The maximum absolute atomic E-state index is 13.4. The fourth-order valence-electron chi connectivity index (χ4n) is 3.16. The normalized spacial score (nSPS) is 16.9. The first kappa shape index (κ1) is 21.8. The number of ether oxygens (including phenoxy) is 2. The predicted octanol–water partition coefficient (Wildman–Crippen LogP) is 3.35. The van der Waals surface area contributed by atoms with E-state index in [1.807, 2.05) is 0 Å². The molecule has 162 valence electrons. The number of nitrogens with zero attached hydrogens (tertiary/aromatic N) is 3. The SMILES string of the molecule is CC(=O)Oc1cc(C)ccc1C(=O)Nc1nnc(C(F)(F)F)n1CC1CCCCO1. The molecular weight excluding hydrogens is 405 g/mol. The van der Waals surface area contributed by atoms with Crippen LogP contribution in [0.15, 0.2) is 18.2 Å². The van der Waals surface area contributed by atoms with Crippen molar-refractivity contribution in [1.29, 1.82) is 0 Å². The van der Waals surface area contributed by atoms with E-state index in [2.05, 4.69) is 15.5 Å². The molecule has 0 spiro atoms. The molecule has 2 heterocycles. The van der Waals surface area contributed by atoms with E-state index in [1.54, 1.807) is 13.0 Å². The Hall–Kier alpha value is -2.95. The molecule has 0 radical (unpaired) electrons. The van der Waals surface area contributed by atoms with Crippen LogP contribution in [0.4, 0.5) is 19.1 Å². The van der Waals surface area contributed by atoms with Gasteiger partial charge >= 0.3 is 12.1 Å². The monoisotopic (exact) mass is 426 g/mol. The Labute approximate surface area is 170 Å².